The molecule has 3 nitrogen and oxygen atoms in total. The molecule has 3 aromatic heterocycles. The van der Waals surface area contributed by atoms with Crippen LogP contribution in [0, 0.1) is 0 Å². The molecule has 0 saturated carbocycles. The van der Waals surface area contributed by atoms with Gasteiger partial charge >= 0.3 is 0 Å². The van der Waals surface area contributed by atoms with Crippen LogP contribution in [-0.2, 0) is 5.41 Å². The predicted octanol–water partition coefficient (Wildman–Crippen LogP) is 9.95. The van der Waals surface area contributed by atoms with Crippen LogP contribution in [0.25, 0.3) is 55.2 Å². The second-order valence-corrected chi connectivity index (χ2v) is 12.0. The van der Waals surface area contributed by atoms with Crippen molar-refractivity contribution in [2.45, 2.75) is 5.41 Å². The van der Waals surface area contributed by atoms with E-state index in [2.05, 4.69) is 173 Å². The zero-order valence-corrected chi connectivity index (χ0v) is 24.4. The van der Waals surface area contributed by atoms with E-state index in [1.54, 1.807) is 0 Å². The first-order valence-electron chi connectivity index (χ1n) is 15.5. The summed E-state index contributed by atoms with van der Waals surface area (Å²) in [6.07, 6.45) is 0. The van der Waals surface area contributed by atoms with Gasteiger partial charge in [-0.25, -0.2) is 4.52 Å². The summed E-state index contributed by atoms with van der Waals surface area (Å²) in [6.45, 7) is 0. The van der Waals surface area contributed by atoms with Crippen LogP contribution in [0.2, 0.25) is 0 Å². The topological polar surface area (TPSA) is 22.2 Å². The van der Waals surface area contributed by atoms with Crippen molar-refractivity contribution in [3.8, 4) is 16.9 Å². The Morgan fingerprint density at radius 1 is 0.444 bits per heavy atom. The Hall–Kier alpha value is -5.93. The third-order valence-electron chi connectivity index (χ3n) is 9.80. The van der Waals surface area contributed by atoms with Gasteiger partial charge in [-0.3, -0.25) is 4.57 Å². The van der Waals surface area contributed by atoms with Crippen LogP contribution in [0.3, 0.4) is 0 Å². The van der Waals surface area contributed by atoms with Gasteiger partial charge in [0.05, 0.1) is 27.5 Å². The molecule has 0 N–H and O–H groups in total. The van der Waals surface area contributed by atoms with E-state index in [1.165, 1.54) is 49.5 Å². The molecule has 0 saturated heterocycles. The minimum Gasteiger partial charge on any atom is -0.292 e. The first-order valence-corrected chi connectivity index (χ1v) is 15.5. The lowest BCUT2D eigenvalue weighted by Crippen LogP contribution is -2.28. The molecule has 45 heavy (non-hydrogen) atoms. The summed E-state index contributed by atoms with van der Waals surface area (Å²) < 4.78 is 4.42. The zero-order valence-electron chi connectivity index (χ0n) is 24.4. The van der Waals surface area contributed by atoms with Crippen molar-refractivity contribution in [3.05, 3.63) is 186 Å². The fourth-order valence-corrected chi connectivity index (χ4v) is 7.95. The molecule has 1 aliphatic carbocycles. The zero-order chi connectivity index (χ0) is 29.5. The quantitative estimate of drug-likeness (QED) is 0.206. The molecule has 6 aromatic carbocycles. The van der Waals surface area contributed by atoms with Crippen molar-refractivity contribution in [2.75, 3.05) is 0 Å². The summed E-state index contributed by atoms with van der Waals surface area (Å²) >= 11 is 0. The summed E-state index contributed by atoms with van der Waals surface area (Å²) in [5.41, 5.74) is 11.8. The number of hydrogen-bond donors (Lipinski definition) is 0. The van der Waals surface area contributed by atoms with Gasteiger partial charge in [0.15, 0.2) is 5.82 Å². The normalized spacial score (nSPS) is 13.5. The van der Waals surface area contributed by atoms with Crippen molar-refractivity contribution in [3.63, 3.8) is 0 Å². The van der Waals surface area contributed by atoms with Crippen LogP contribution in [0.5, 0.6) is 0 Å². The van der Waals surface area contributed by atoms with E-state index in [-0.39, 0.29) is 0 Å². The monoisotopic (exact) mass is 573 g/mol. The Kier molecular flexibility index (Phi) is 4.92. The average Bonchev–Trinajstić information content (AvgIpc) is 3.77. The van der Waals surface area contributed by atoms with Gasteiger partial charge < -0.3 is 0 Å². The van der Waals surface area contributed by atoms with E-state index in [0.717, 1.165) is 27.9 Å². The molecule has 1 aliphatic rings. The number of nitrogens with zero attached hydrogens (tertiary/aromatic N) is 3. The molecule has 9 aromatic rings. The Morgan fingerprint density at radius 2 is 1.11 bits per heavy atom. The third-order valence-corrected chi connectivity index (χ3v) is 9.80. The summed E-state index contributed by atoms with van der Waals surface area (Å²) in [6, 6.07) is 59.6. The van der Waals surface area contributed by atoms with Gasteiger partial charge in [0, 0.05) is 22.2 Å². The average molecular weight is 574 g/mol. The maximum Gasteiger partial charge on any atom is 0.160 e. The highest BCUT2D eigenvalue weighted by Gasteiger charge is 2.46. The molecule has 0 atom stereocenters. The van der Waals surface area contributed by atoms with Crippen molar-refractivity contribution in [2.24, 2.45) is 0 Å². The Balaban J connectivity index is 1.34. The van der Waals surface area contributed by atoms with E-state index in [9.17, 15) is 0 Å². The van der Waals surface area contributed by atoms with Gasteiger partial charge in [-0.15, -0.1) is 5.10 Å². The fourth-order valence-electron chi connectivity index (χ4n) is 7.95. The maximum atomic E-state index is 5.22. The predicted molar refractivity (Wildman–Crippen MR) is 184 cm³/mol. The fraction of sp³-hybridized carbons (Fsp3) is 0.0238. The van der Waals surface area contributed by atoms with Crippen LogP contribution in [0.1, 0.15) is 22.3 Å². The van der Waals surface area contributed by atoms with Crippen LogP contribution in [0.4, 0.5) is 0 Å². The highest BCUT2D eigenvalue weighted by atomic mass is 15.3. The highest BCUT2D eigenvalue weighted by Crippen LogP contribution is 2.57. The number of hydrogen-bond acceptors (Lipinski definition) is 1. The number of fused-ring (bicyclic) bond motifs is 9. The van der Waals surface area contributed by atoms with Crippen molar-refractivity contribution in [1.29, 1.82) is 0 Å². The molecule has 0 spiro atoms. The molecule has 3 heterocycles. The van der Waals surface area contributed by atoms with Gasteiger partial charge in [0.1, 0.15) is 0 Å². The molecule has 210 valence electrons. The van der Waals surface area contributed by atoms with Gasteiger partial charge in [-0.1, -0.05) is 127 Å². The molecule has 0 amide bonds. The molecule has 0 bridgehead atoms. The van der Waals surface area contributed by atoms with E-state index in [1.807, 2.05) is 0 Å². The van der Waals surface area contributed by atoms with Gasteiger partial charge in [-0.05, 0) is 63.7 Å². The van der Waals surface area contributed by atoms with Crippen molar-refractivity contribution >= 4 is 38.2 Å². The van der Waals surface area contributed by atoms with Crippen LogP contribution in [0.15, 0.2) is 164 Å². The molecule has 0 fully saturated rings. The largest absolute Gasteiger partial charge is 0.292 e. The summed E-state index contributed by atoms with van der Waals surface area (Å²) in [5, 5.41) is 8.86. The van der Waals surface area contributed by atoms with E-state index in [0.29, 0.717) is 0 Å². The van der Waals surface area contributed by atoms with Crippen molar-refractivity contribution in [1.82, 2.24) is 14.2 Å². The molecular weight excluding hydrogens is 546 g/mol. The van der Waals surface area contributed by atoms with Crippen LogP contribution >= 0.6 is 0 Å². The smallest absolute Gasteiger partial charge is 0.160 e. The first-order chi connectivity index (χ1) is 22.3. The highest BCUT2D eigenvalue weighted by molar-refractivity contribution is 6.11. The van der Waals surface area contributed by atoms with E-state index in [4.69, 9.17) is 5.10 Å². The summed E-state index contributed by atoms with van der Waals surface area (Å²) in [5.74, 6) is 0.918. The molecular formula is C42H27N3. The Bertz CT molecular complexity index is 2550. The molecule has 0 unspecified atom stereocenters. The lowest BCUT2D eigenvalue weighted by Gasteiger charge is -2.33. The number of aromatic nitrogens is 3. The Labute approximate surface area is 260 Å². The van der Waals surface area contributed by atoms with Gasteiger partial charge in [0.2, 0.25) is 0 Å². The second kappa shape index (κ2) is 9.04. The minimum absolute atomic E-state index is 0.437. The first kappa shape index (κ1) is 24.5. The summed E-state index contributed by atoms with van der Waals surface area (Å²) in [4.78, 5) is 0. The molecule has 3 heteroatoms. The molecule has 0 aliphatic heterocycles. The lowest BCUT2D eigenvalue weighted by atomic mass is 9.67. The summed E-state index contributed by atoms with van der Waals surface area (Å²) in [7, 11) is 0. The second-order valence-electron chi connectivity index (χ2n) is 12.0. The minimum atomic E-state index is -0.437. The Morgan fingerprint density at radius 3 is 1.91 bits per heavy atom. The maximum absolute atomic E-state index is 5.22. The van der Waals surface area contributed by atoms with Crippen LogP contribution < -0.4 is 0 Å². The van der Waals surface area contributed by atoms with Crippen molar-refractivity contribution < 1.29 is 0 Å². The third kappa shape index (κ3) is 3.22. The van der Waals surface area contributed by atoms with Gasteiger partial charge in [0.25, 0.3) is 0 Å². The van der Waals surface area contributed by atoms with E-state index >= 15 is 0 Å². The number of rotatable bonds is 3. The van der Waals surface area contributed by atoms with Gasteiger partial charge in [-0.2, -0.15) is 0 Å². The molecule has 0 radical (unpaired) electrons. The SMILES string of the molecule is c1ccc(C2(c3ccccc3)c3ccccc3-c3cc4c(cc32)c2ccccc2n4-c2cc3ccc4ccccc4n3n2)cc1. The van der Waals surface area contributed by atoms with Crippen LogP contribution in [-0.4, -0.2) is 14.2 Å². The number of para-hydroxylation sites is 2. The molecule has 10 rings (SSSR count). The number of pyridine rings is 1. The standard InChI is InChI=1S/C42H27N3/c1-3-14-29(15-4-1)42(30-16-5-2-6-17-30)36-20-10-8-18-32(36)34-27-40-35(26-37(34)42)33-19-9-12-22-39(33)44(40)41-25-31-24-23-28-13-7-11-21-38(28)45(31)43-41/h1-27H. The lowest BCUT2D eigenvalue weighted by molar-refractivity contribution is 0.769. The number of benzene rings is 6. The van der Waals surface area contributed by atoms with E-state index < -0.39 is 5.41 Å².